The van der Waals surface area contributed by atoms with Crippen molar-refractivity contribution in [1.29, 1.82) is 0 Å². The number of carbonyl (C=O) groups is 2. The molecule has 2 aromatic rings. The first-order chi connectivity index (χ1) is 13.7. The Kier molecular flexibility index (Phi) is 5.70. The van der Waals surface area contributed by atoms with Crippen LogP contribution in [0.15, 0.2) is 51.7 Å². The van der Waals surface area contributed by atoms with Crippen LogP contribution in [-0.2, 0) is 11.2 Å². The minimum absolute atomic E-state index is 0.0515. The number of Topliss-reactive ketones (excluding diaryl/α,β-unsaturated/α-hetero) is 2. The van der Waals surface area contributed by atoms with Crippen LogP contribution in [0.1, 0.15) is 35.4 Å². The minimum atomic E-state index is -2.46. The molecule has 1 unspecified atom stereocenters. The Hall–Kier alpha value is -2.81. The summed E-state index contributed by atoms with van der Waals surface area (Å²) in [5, 5.41) is 32.5. The first-order valence-electron chi connectivity index (χ1n) is 9.09. The zero-order valence-corrected chi connectivity index (χ0v) is 15.8. The second-order valence-electron chi connectivity index (χ2n) is 7.30. The van der Waals surface area contributed by atoms with Gasteiger partial charge in [-0.15, -0.1) is 0 Å². The number of aliphatic hydroxyl groups excluding tert-OH is 1. The van der Waals surface area contributed by atoms with Gasteiger partial charge in [0.25, 0.3) is 0 Å². The number of hydrogen-bond acceptors (Lipinski definition) is 8. The first-order valence-corrected chi connectivity index (χ1v) is 9.09. The molecule has 0 saturated heterocycles. The van der Waals surface area contributed by atoms with Crippen LogP contribution < -0.4 is 10.4 Å². The number of ether oxygens (including phenoxy) is 1. The van der Waals surface area contributed by atoms with Gasteiger partial charge in [0.05, 0.1) is 19.3 Å². The number of methoxy groups -OCH3 is 1. The number of carbonyl (C=O) groups excluding carboxylic acids is 2. The highest BCUT2D eigenvalue weighted by atomic mass is 16.5. The summed E-state index contributed by atoms with van der Waals surface area (Å²) >= 11 is 0. The third-order valence-corrected chi connectivity index (χ3v) is 5.24. The van der Waals surface area contributed by atoms with Crippen LogP contribution in [0, 0.1) is 0 Å². The normalized spacial score (nSPS) is 26.9. The van der Waals surface area contributed by atoms with Crippen LogP contribution in [0.2, 0.25) is 0 Å². The van der Waals surface area contributed by atoms with E-state index in [1.54, 1.807) is 18.2 Å². The van der Waals surface area contributed by atoms with E-state index in [0.717, 1.165) is 6.07 Å². The molecule has 1 fully saturated rings. The highest BCUT2D eigenvalue weighted by Gasteiger charge is 2.59. The van der Waals surface area contributed by atoms with Crippen LogP contribution in [0.5, 0.6) is 5.75 Å². The van der Waals surface area contributed by atoms with Gasteiger partial charge in [0.1, 0.15) is 17.1 Å². The molecule has 1 saturated carbocycles. The summed E-state index contributed by atoms with van der Waals surface area (Å²) in [6.07, 6.45) is -3.13. The molecule has 8 nitrogen and oxygen atoms in total. The van der Waals surface area contributed by atoms with Crippen LogP contribution in [0.3, 0.4) is 0 Å². The fourth-order valence-electron chi connectivity index (χ4n) is 3.71. The fraction of sp³-hybridized carbons (Fsp3) is 0.381. The molecule has 3 rings (SSSR count). The zero-order chi connectivity index (χ0) is 21.2. The lowest BCUT2D eigenvalue weighted by Crippen LogP contribution is -2.66. The molecule has 0 radical (unpaired) electrons. The molecule has 154 valence electrons. The molecule has 3 N–H and O–H groups in total. The van der Waals surface area contributed by atoms with Crippen molar-refractivity contribution in [2.24, 2.45) is 0 Å². The minimum Gasteiger partial charge on any atom is -0.496 e. The molecule has 29 heavy (non-hydrogen) atoms. The molecule has 3 atom stereocenters. The van der Waals surface area contributed by atoms with E-state index in [2.05, 4.69) is 0 Å². The van der Waals surface area contributed by atoms with Crippen molar-refractivity contribution in [3.05, 3.63) is 64.2 Å². The van der Waals surface area contributed by atoms with Crippen LogP contribution in [0.4, 0.5) is 0 Å². The number of rotatable bonds is 6. The molecule has 0 amide bonds. The van der Waals surface area contributed by atoms with Crippen molar-refractivity contribution in [2.75, 3.05) is 7.11 Å². The SMILES string of the molecule is COc1cc(C[C@@]2(O)CC(O)CC(=O)[C@@]2(O)CC(=O)c2ccccc2)oc(=O)c1. The Bertz CT molecular complexity index is 966. The second-order valence-corrected chi connectivity index (χ2v) is 7.30. The summed E-state index contributed by atoms with van der Waals surface area (Å²) in [5.41, 5.74) is -5.15. The Morgan fingerprint density at radius 3 is 2.55 bits per heavy atom. The topological polar surface area (TPSA) is 134 Å². The maximum atomic E-state index is 12.7. The third-order valence-electron chi connectivity index (χ3n) is 5.24. The summed E-state index contributed by atoms with van der Waals surface area (Å²) in [7, 11) is 1.34. The average molecular weight is 402 g/mol. The molecule has 8 heteroatoms. The lowest BCUT2D eigenvalue weighted by atomic mass is 9.65. The van der Waals surface area contributed by atoms with Gasteiger partial charge in [0, 0.05) is 37.3 Å². The highest BCUT2D eigenvalue weighted by Crippen LogP contribution is 2.41. The van der Waals surface area contributed by atoms with Gasteiger partial charge in [-0.3, -0.25) is 9.59 Å². The highest BCUT2D eigenvalue weighted by molar-refractivity contribution is 6.02. The van der Waals surface area contributed by atoms with E-state index < -0.39 is 53.8 Å². The van der Waals surface area contributed by atoms with E-state index in [0.29, 0.717) is 0 Å². The Morgan fingerprint density at radius 2 is 1.90 bits per heavy atom. The predicted molar refractivity (Wildman–Crippen MR) is 101 cm³/mol. The lowest BCUT2D eigenvalue weighted by Gasteiger charge is -2.46. The van der Waals surface area contributed by atoms with Gasteiger partial charge in [-0.05, 0) is 0 Å². The summed E-state index contributed by atoms with van der Waals surface area (Å²) in [6.45, 7) is 0. The van der Waals surface area contributed by atoms with Gasteiger partial charge in [-0.2, -0.15) is 0 Å². The van der Waals surface area contributed by atoms with E-state index in [1.807, 2.05) is 0 Å². The standard InChI is InChI=1S/C21H22O8/c1-28-15-8-16(29-19(25)9-15)11-20(26)10-14(22)7-18(24)21(20,27)12-17(23)13-5-3-2-4-6-13/h2-6,8-9,14,22,26-27H,7,10-12H2,1H3/t14?,20-,21-/m0/s1. The Balaban J connectivity index is 1.98. The molecular weight excluding hydrogens is 380 g/mol. The maximum absolute atomic E-state index is 12.7. The number of aliphatic hydroxyl groups is 3. The van der Waals surface area contributed by atoms with Crippen molar-refractivity contribution in [3.8, 4) is 5.75 Å². The number of benzene rings is 1. The first kappa shape index (κ1) is 20.9. The van der Waals surface area contributed by atoms with Crippen molar-refractivity contribution in [2.45, 2.75) is 43.0 Å². The average Bonchev–Trinajstić information content (AvgIpc) is 2.66. The molecule has 0 bridgehead atoms. The summed E-state index contributed by atoms with van der Waals surface area (Å²) < 4.78 is 10.1. The zero-order valence-electron chi connectivity index (χ0n) is 15.8. The quantitative estimate of drug-likeness (QED) is 0.600. The van der Waals surface area contributed by atoms with E-state index in [9.17, 15) is 29.7 Å². The lowest BCUT2D eigenvalue weighted by molar-refractivity contribution is -0.195. The third kappa shape index (κ3) is 4.14. The predicted octanol–water partition coefficient (Wildman–Crippen LogP) is 0.650. The van der Waals surface area contributed by atoms with Crippen molar-refractivity contribution in [1.82, 2.24) is 0 Å². The molecule has 0 spiro atoms. The molecule has 1 heterocycles. The summed E-state index contributed by atoms with van der Waals surface area (Å²) in [6, 6.07) is 10.5. The van der Waals surface area contributed by atoms with Crippen molar-refractivity contribution in [3.63, 3.8) is 0 Å². The fourth-order valence-corrected chi connectivity index (χ4v) is 3.71. The van der Waals surface area contributed by atoms with E-state index >= 15 is 0 Å². The van der Waals surface area contributed by atoms with Gasteiger partial charge in [-0.25, -0.2) is 4.79 Å². The second kappa shape index (κ2) is 7.90. The van der Waals surface area contributed by atoms with Gasteiger partial charge < -0.3 is 24.5 Å². The molecule has 1 aliphatic carbocycles. The summed E-state index contributed by atoms with van der Waals surface area (Å²) in [5.74, 6) is -1.27. The largest absolute Gasteiger partial charge is 0.496 e. The van der Waals surface area contributed by atoms with Crippen LogP contribution >= 0.6 is 0 Å². The van der Waals surface area contributed by atoms with Gasteiger partial charge in [0.2, 0.25) is 0 Å². The van der Waals surface area contributed by atoms with E-state index in [4.69, 9.17) is 9.15 Å². The van der Waals surface area contributed by atoms with Gasteiger partial charge >= 0.3 is 5.63 Å². The van der Waals surface area contributed by atoms with Crippen LogP contribution in [0.25, 0.3) is 0 Å². The van der Waals surface area contributed by atoms with Crippen molar-refractivity contribution < 1.29 is 34.1 Å². The van der Waals surface area contributed by atoms with Crippen LogP contribution in [-0.4, -0.2) is 51.3 Å². The summed E-state index contributed by atoms with van der Waals surface area (Å²) in [4.78, 5) is 37.0. The van der Waals surface area contributed by atoms with E-state index in [-0.39, 0.29) is 23.5 Å². The Morgan fingerprint density at radius 1 is 1.21 bits per heavy atom. The molecule has 1 aromatic carbocycles. The van der Waals surface area contributed by atoms with Crippen molar-refractivity contribution >= 4 is 11.6 Å². The molecule has 1 aliphatic rings. The monoisotopic (exact) mass is 402 g/mol. The number of hydrogen-bond donors (Lipinski definition) is 3. The molecule has 1 aromatic heterocycles. The van der Waals surface area contributed by atoms with Gasteiger partial charge in [0.15, 0.2) is 17.2 Å². The smallest absolute Gasteiger partial charge is 0.339 e. The number of ketones is 2. The maximum Gasteiger partial charge on any atom is 0.339 e. The Labute approximate surface area is 166 Å². The molecule has 0 aliphatic heterocycles. The van der Waals surface area contributed by atoms with Gasteiger partial charge in [-0.1, -0.05) is 30.3 Å². The van der Waals surface area contributed by atoms with E-state index in [1.165, 1.54) is 25.3 Å². The molecular formula is C21H22O8.